The van der Waals surface area contributed by atoms with E-state index in [4.69, 9.17) is 11.6 Å². The molecule has 1 aromatic rings. The first-order valence-electron chi connectivity index (χ1n) is 4.83. The molecule has 0 radical (unpaired) electrons. The number of aryl methyl sites for hydroxylation is 1. The van der Waals surface area contributed by atoms with Crippen molar-refractivity contribution in [3.8, 4) is 0 Å². The van der Waals surface area contributed by atoms with Crippen LogP contribution in [0.4, 0.5) is 0 Å². The summed E-state index contributed by atoms with van der Waals surface area (Å²) in [4.78, 5) is 0. The smallest absolute Gasteiger partial charge is 0.0516 e. The van der Waals surface area contributed by atoms with Gasteiger partial charge in [-0.25, -0.2) is 0 Å². The minimum atomic E-state index is 0.891. The molecule has 72 valence electrons. The van der Waals surface area contributed by atoms with Gasteiger partial charge >= 0.3 is 0 Å². The number of hydrogen-bond donors (Lipinski definition) is 0. The van der Waals surface area contributed by atoms with Gasteiger partial charge < -0.3 is 0 Å². The maximum absolute atomic E-state index is 6.30. The average Bonchev–Trinajstić information content (AvgIpc) is 2.67. The molecule has 0 N–H and O–H groups in total. The summed E-state index contributed by atoms with van der Waals surface area (Å²) in [6, 6.07) is 4.23. The molecule has 0 amide bonds. The lowest BCUT2D eigenvalue weighted by molar-refractivity contribution is 1.33. The molecule has 1 heteroatoms. The Kier molecular flexibility index (Phi) is 2.47. The molecule has 0 fully saturated rings. The molecule has 1 aromatic carbocycles. The van der Waals surface area contributed by atoms with E-state index in [1.807, 2.05) is 0 Å². The van der Waals surface area contributed by atoms with Crippen LogP contribution in [0.3, 0.4) is 0 Å². The van der Waals surface area contributed by atoms with Crippen LogP contribution in [0.1, 0.15) is 23.1 Å². The standard InChI is InChI=1S/C13H13Cl/c1-9-7-8-12(13(14)10(9)2)11-5-3-4-6-11/h3,5-8H,4H2,1-2H3. The molecule has 2 rings (SSSR count). The van der Waals surface area contributed by atoms with E-state index in [0.29, 0.717) is 0 Å². The second-order valence-electron chi connectivity index (χ2n) is 3.67. The van der Waals surface area contributed by atoms with Gasteiger partial charge in [0.15, 0.2) is 0 Å². The molecule has 0 aliphatic heterocycles. The lowest BCUT2D eigenvalue weighted by Gasteiger charge is -2.09. The van der Waals surface area contributed by atoms with Crippen LogP contribution in [0.5, 0.6) is 0 Å². The first-order valence-corrected chi connectivity index (χ1v) is 5.20. The van der Waals surface area contributed by atoms with Gasteiger partial charge in [-0.1, -0.05) is 42.0 Å². The van der Waals surface area contributed by atoms with Crippen molar-refractivity contribution in [2.75, 3.05) is 0 Å². The van der Waals surface area contributed by atoms with Crippen LogP contribution in [0.2, 0.25) is 5.02 Å². The predicted octanol–water partition coefficient (Wildman–Crippen LogP) is 4.30. The van der Waals surface area contributed by atoms with Gasteiger partial charge in [0.25, 0.3) is 0 Å². The van der Waals surface area contributed by atoms with Crippen molar-refractivity contribution >= 4 is 17.2 Å². The molecule has 0 saturated heterocycles. The lowest BCUT2D eigenvalue weighted by Crippen LogP contribution is -1.88. The van der Waals surface area contributed by atoms with Crippen molar-refractivity contribution in [3.05, 3.63) is 52.1 Å². The molecular weight excluding hydrogens is 192 g/mol. The second-order valence-corrected chi connectivity index (χ2v) is 4.04. The minimum absolute atomic E-state index is 0.891. The van der Waals surface area contributed by atoms with Crippen LogP contribution in [-0.4, -0.2) is 0 Å². The Morgan fingerprint density at radius 3 is 2.64 bits per heavy atom. The summed E-state index contributed by atoms with van der Waals surface area (Å²) in [6.07, 6.45) is 7.52. The highest BCUT2D eigenvalue weighted by Gasteiger charge is 2.09. The SMILES string of the molecule is Cc1ccc(C2=CCC=C2)c(Cl)c1C. The third-order valence-electron chi connectivity index (χ3n) is 2.74. The summed E-state index contributed by atoms with van der Waals surface area (Å²) in [7, 11) is 0. The van der Waals surface area contributed by atoms with Crippen molar-refractivity contribution in [1.82, 2.24) is 0 Å². The Hall–Kier alpha value is -1.01. The third-order valence-corrected chi connectivity index (χ3v) is 3.23. The quantitative estimate of drug-likeness (QED) is 0.640. The van der Waals surface area contributed by atoms with Gasteiger partial charge in [0.1, 0.15) is 0 Å². The normalized spacial score (nSPS) is 14.6. The first kappa shape index (κ1) is 9.54. The molecule has 0 bridgehead atoms. The second kappa shape index (κ2) is 3.62. The molecule has 0 atom stereocenters. The monoisotopic (exact) mass is 204 g/mol. The highest BCUT2D eigenvalue weighted by molar-refractivity contribution is 6.33. The van der Waals surface area contributed by atoms with Crippen LogP contribution in [-0.2, 0) is 0 Å². The predicted molar refractivity (Wildman–Crippen MR) is 62.7 cm³/mol. The minimum Gasteiger partial charge on any atom is -0.0834 e. The molecule has 1 aliphatic carbocycles. The van der Waals surface area contributed by atoms with E-state index in [9.17, 15) is 0 Å². The van der Waals surface area contributed by atoms with Crippen molar-refractivity contribution in [1.29, 1.82) is 0 Å². The Bertz CT molecular complexity index is 425. The Labute approximate surface area is 89.9 Å². The molecule has 0 aromatic heterocycles. The molecule has 0 spiro atoms. The van der Waals surface area contributed by atoms with Gasteiger partial charge in [-0.3, -0.25) is 0 Å². The lowest BCUT2D eigenvalue weighted by atomic mass is 10.0. The summed E-state index contributed by atoms with van der Waals surface area (Å²) in [5.74, 6) is 0. The van der Waals surface area contributed by atoms with Gasteiger partial charge in [-0.2, -0.15) is 0 Å². The number of hydrogen-bond acceptors (Lipinski definition) is 0. The van der Waals surface area contributed by atoms with Gasteiger partial charge in [0, 0.05) is 5.56 Å². The topological polar surface area (TPSA) is 0 Å². The molecule has 14 heavy (non-hydrogen) atoms. The van der Waals surface area contributed by atoms with E-state index in [1.54, 1.807) is 0 Å². The summed E-state index contributed by atoms with van der Waals surface area (Å²) >= 11 is 6.30. The summed E-state index contributed by atoms with van der Waals surface area (Å²) < 4.78 is 0. The molecular formula is C13H13Cl. The molecule has 0 saturated carbocycles. The highest BCUT2D eigenvalue weighted by atomic mass is 35.5. The molecule has 0 nitrogen and oxygen atoms in total. The van der Waals surface area contributed by atoms with Crippen LogP contribution in [0.25, 0.3) is 5.57 Å². The Balaban J connectivity index is 2.55. The Morgan fingerprint density at radius 2 is 2.00 bits per heavy atom. The Morgan fingerprint density at radius 1 is 1.21 bits per heavy atom. The average molecular weight is 205 g/mol. The van der Waals surface area contributed by atoms with E-state index >= 15 is 0 Å². The largest absolute Gasteiger partial charge is 0.0834 e. The van der Waals surface area contributed by atoms with Crippen molar-refractivity contribution in [2.45, 2.75) is 20.3 Å². The van der Waals surface area contributed by atoms with Crippen LogP contribution in [0, 0.1) is 13.8 Å². The molecule has 0 heterocycles. The zero-order valence-corrected chi connectivity index (χ0v) is 9.23. The van der Waals surface area contributed by atoms with Gasteiger partial charge in [0.05, 0.1) is 5.02 Å². The van der Waals surface area contributed by atoms with E-state index < -0.39 is 0 Å². The van der Waals surface area contributed by atoms with Crippen molar-refractivity contribution in [2.24, 2.45) is 0 Å². The summed E-state index contributed by atoms with van der Waals surface area (Å²) in [6.45, 7) is 4.16. The number of allylic oxidation sites excluding steroid dienone is 4. The number of benzene rings is 1. The van der Waals surface area contributed by atoms with E-state index in [2.05, 4.69) is 44.2 Å². The van der Waals surface area contributed by atoms with E-state index in [0.717, 1.165) is 17.0 Å². The van der Waals surface area contributed by atoms with Crippen LogP contribution in [0.15, 0.2) is 30.4 Å². The maximum atomic E-state index is 6.30. The fourth-order valence-electron chi connectivity index (χ4n) is 1.66. The zero-order chi connectivity index (χ0) is 10.1. The van der Waals surface area contributed by atoms with Crippen molar-refractivity contribution in [3.63, 3.8) is 0 Å². The maximum Gasteiger partial charge on any atom is 0.0516 e. The van der Waals surface area contributed by atoms with Crippen molar-refractivity contribution < 1.29 is 0 Å². The van der Waals surface area contributed by atoms with Gasteiger partial charge in [0.2, 0.25) is 0 Å². The molecule has 0 unspecified atom stereocenters. The van der Waals surface area contributed by atoms with Gasteiger partial charge in [-0.05, 0) is 37.0 Å². The van der Waals surface area contributed by atoms with E-state index in [-0.39, 0.29) is 0 Å². The zero-order valence-electron chi connectivity index (χ0n) is 8.47. The summed E-state index contributed by atoms with van der Waals surface area (Å²) in [5.41, 5.74) is 4.84. The molecule has 1 aliphatic rings. The fourth-order valence-corrected chi connectivity index (χ4v) is 1.98. The first-order chi connectivity index (χ1) is 6.70. The number of rotatable bonds is 1. The highest BCUT2D eigenvalue weighted by Crippen LogP contribution is 2.31. The third kappa shape index (κ3) is 1.51. The van der Waals surface area contributed by atoms with E-state index in [1.165, 1.54) is 16.7 Å². The van der Waals surface area contributed by atoms with Crippen LogP contribution >= 0.6 is 11.6 Å². The summed E-state index contributed by atoms with van der Waals surface area (Å²) in [5, 5.41) is 0.891. The van der Waals surface area contributed by atoms with Gasteiger partial charge in [-0.15, -0.1) is 0 Å². The van der Waals surface area contributed by atoms with Crippen LogP contribution < -0.4 is 0 Å². The number of halogens is 1. The fraction of sp³-hybridized carbons (Fsp3) is 0.231.